The number of benzene rings is 1. The minimum atomic E-state index is 0.162. The predicted octanol–water partition coefficient (Wildman–Crippen LogP) is 3.50. The number of nitrogens with zero attached hydrogens (tertiary/aromatic N) is 1. The fraction of sp³-hybridized carbons (Fsp3) is 0.421. The van der Waals surface area contributed by atoms with Crippen molar-refractivity contribution in [3.05, 3.63) is 59.0 Å². The Morgan fingerprint density at radius 1 is 1.04 bits per heavy atom. The molecule has 0 bridgehead atoms. The molecule has 0 aliphatic carbocycles. The molecule has 2 aromatic rings. The lowest BCUT2D eigenvalue weighted by Crippen LogP contribution is -2.35. The van der Waals surface area contributed by atoms with Crippen LogP contribution in [0.1, 0.15) is 46.7 Å². The minimum absolute atomic E-state index is 0.162. The molecule has 1 amide bonds. The van der Waals surface area contributed by atoms with Crippen molar-refractivity contribution in [3.8, 4) is 0 Å². The second kappa shape index (κ2) is 7.47. The van der Waals surface area contributed by atoms with Crippen molar-refractivity contribution >= 4 is 5.91 Å². The number of carbonyl (C=O) groups excluding carboxylic acids is 1. The van der Waals surface area contributed by atoms with Gasteiger partial charge in [0.2, 0.25) is 0 Å². The third kappa shape index (κ3) is 4.23. The van der Waals surface area contributed by atoms with Crippen LogP contribution in [-0.4, -0.2) is 23.9 Å². The molecule has 2 heterocycles. The summed E-state index contributed by atoms with van der Waals surface area (Å²) in [5.74, 6) is 2.04. The molecule has 4 nitrogen and oxygen atoms in total. The highest BCUT2D eigenvalue weighted by Gasteiger charge is 2.17. The summed E-state index contributed by atoms with van der Waals surface area (Å²) < 4.78 is 5.53. The van der Waals surface area contributed by atoms with Gasteiger partial charge in [-0.05, 0) is 56.0 Å². The van der Waals surface area contributed by atoms with E-state index in [2.05, 4.69) is 5.32 Å². The molecule has 0 unspecified atom stereocenters. The van der Waals surface area contributed by atoms with E-state index in [1.54, 1.807) is 0 Å². The fourth-order valence-electron chi connectivity index (χ4n) is 2.95. The van der Waals surface area contributed by atoms with Crippen LogP contribution >= 0.6 is 0 Å². The van der Waals surface area contributed by atoms with Gasteiger partial charge in [0, 0.05) is 25.2 Å². The van der Waals surface area contributed by atoms with Crippen molar-refractivity contribution in [3.63, 3.8) is 0 Å². The quantitative estimate of drug-likeness (QED) is 0.919. The molecule has 0 radical (unpaired) electrons. The number of carbonyl (C=O) groups is 1. The molecular formula is C19H24N2O2. The van der Waals surface area contributed by atoms with E-state index >= 15 is 0 Å². The predicted molar refractivity (Wildman–Crippen MR) is 90.2 cm³/mol. The van der Waals surface area contributed by atoms with E-state index in [9.17, 15) is 4.79 Å². The number of hydrogen-bond acceptors (Lipinski definition) is 3. The molecule has 1 fully saturated rings. The largest absolute Gasteiger partial charge is 0.465 e. The number of likely N-dealkylation sites (tertiary alicyclic amines) is 1. The monoisotopic (exact) mass is 312 g/mol. The third-order valence-corrected chi connectivity index (χ3v) is 4.27. The number of piperidine rings is 1. The smallest absolute Gasteiger partial charge is 0.253 e. The first-order valence-corrected chi connectivity index (χ1v) is 8.36. The molecular weight excluding hydrogens is 288 g/mol. The summed E-state index contributed by atoms with van der Waals surface area (Å²) in [6, 6.07) is 11.9. The van der Waals surface area contributed by atoms with E-state index < -0.39 is 0 Å². The molecule has 1 saturated heterocycles. The molecule has 3 rings (SSSR count). The zero-order chi connectivity index (χ0) is 16.1. The molecule has 1 aliphatic rings. The van der Waals surface area contributed by atoms with Gasteiger partial charge in [-0.1, -0.05) is 12.1 Å². The maximum atomic E-state index is 12.4. The highest BCUT2D eigenvalue weighted by Crippen LogP contribution is 2.14. The van der Waals surface area contributed by atoms with Gasteiger partial charge in [0.15, 0.2) is 0 Å². The van der Waals surface area contributed by atoms with Gasteiger partial charge < -0.3 is 14.6 Å². The first kappa shape index (κ1) is 15.8. The molecule has 0 spiro atoms. The zero-order valence-electron chi connectivity index (χ0n) is 13.7. The number of hydrogen-bond donors (Lipinski definition) is 1. The van der Waals surface area contributed by atoms with E-state index in [4.69, 9.17) is 4.42 Å². The van der Waals surface area contributed by atoms with Gasteiger partial charge in [0.1, 0.15) is 11.5 Å². The highest BCUT2D eigenvalue weighted by atomic mass is 16.3. The third-order valence-electron chi connectivity index (χ3n) is 4.27. The molecule has 1 aromatic carbocycles. The Kier molecular flexibility index (Phi) is 5.13. The van der Waals surface area contributed by atoms with Crippen LogP contribution in [0, 0.1) is 6.92 Å². The second-order valence-corrected chi connectivity index (χ2v) is 6.17. The Balaban J connectivity index is 1.51. The molecule has 1 N–H and O–H groups in total. The van der Waals surface area contributed by atoms with Crippen LogP contribution in [0.25, 0.3) is 0 Å². The zero-order valence-corrected chi connectivity index (χ0v) is 13.7. The van der Waals surface area contributed by atoms with E-state index in [-0.39, 0.29) is 5.91 Å². The van der Waals surface area contributed by atoms with E-state index in [0.717, 1.165) is 49.6 Å². The van der Waals surface area contributed by atoms with E-state index in [1.165, 1.54) is 12.0 Å². The van der Waals surface area contributed by atoms with Crippen molar-refractivity contribution in [2.45, 2.75) is 39.3 Å². The van der Waals surface area contributed by atoms with Gasteiger partial charge >= 0.3 is 0 Å². The van der Waals surface area contributed by atoms with Crippen LogP contribution in [0.3, 0.4) is 0 Å². The summed E-state index contributed by atoms with van der Waals surface area (Å²) in [4.78, 5) is 14.4. The number of aryl methyl sites for hydroxylation is 1. The van der Waals surface area contributed by atoms with Gasteiger partial charge in [-0.25, -0.2) is 0 Å². The average molecular weight is 312 g/mol. The molecule has 0 atom stereocenters. The van der Waals surface area contributed by atoms with Crippen LogP contribution in [0.2, 0.25) is 0 Å². The summed E-state index contributed by atoms with van der Waals surface area (Å²) in [5, 5.41) is 3.35. The molecule has 0 saturated carbocycles. The van der Waals surface area contributed by atoms with E-state index in [1.807, 2.05) is 48.2 Å². The number of furan rings is 1. The van der Waals surface area contributed by atoms with Crippen molar-refractivity contribution < 1.29 is 9.21 Å². The lowest BCUT2D eigenvalue weighted by molar-refractivity contribution is 0.0724. The van der Waals surface area contributed by atoms with Crippen LogP contribution in [0.4, 0.5) is 0 Å². The average Bonchev–Trinajstić information content (AvgIpc) is 3.01. The number of amides is 1. The first-order valence-electron chi connectivity index (χ1n) is 8.36. The van der Waals surface area contributed by atoms with Gasteiger partial charge in [-0.2, -0.15) is 0 Å². The van der Waals surface area contributed by atoms with Gasteiger partial charge in [-0.15, -0.1) is 0 Å². The molecule has 1 aliphatic heterocycles. The Morgan fingerprint density at radius 2 is 1.78 bits per heavy atom. The minimum Gasteiger partial charge on any atom is -0.465 e. The fourth-order valence-corrected chi connectivity index (χ4v) is 2.95. The Labute approximate surface area is 137 Å². The van der Waals surface area contributed by atoms with Gasteiger partial charge in [0.05, 0.1) is 6.54 Å². The van der Waals surface area contributed by atoms with Crippen molar-refractivity contribution in [1.82, 2.24) is 10.2 Å². The number of nitrogens with one attached hydrogen (secondary N) is 1. The Bertz CT molecular complexity index is 640. The summed E-state index contributed by atoms with van der Waals surface area (Å²) in [5.41, 5.74) is 1.96. The van der Waals surface area contributed by atoms with Crippen LogP contribution in [-0.2, 0) is 13.1 Å². The van der Waals surface area contributed by atoms with Gasteiger partial charge in [0.25, 0.3) is 5.91 Å². The number of rotatable bonds is 5. The molecule has 1 aromatic heterocycles. The summed E-state index contributed by atoms with van der Waals surface area (Å²) in [6.45, 7) is 5.21. The SMILES string of the molecule is Cc1ccc(CNCc2ccc(C(=O)N3CCCCC3)cc2)o1. The van der Waals surface area contributed by atoms with Crippen molar-refractivity contribution in [2.24, 2.45) is 0 Å². The molecule has 4 heteroatoms. The lowest BCUT2D eigenvalue weighted by atomic mass is 10.1. The Morgan fingerprint density at radius 3 is 2.43 bits per heavy atom. The normalized spacial score (nSPS) is 14.9. The van der Waals surface area contributed by atoms with Crippen molar-refractivity contribution in [1.29, 1.82) is 0 Å². The first-order chi connectivity index (χ1) is 11.2. The summed E-state index contributed by atoms with van der Waals surface area (Å²) >= 11 is 0. The molecule has 122 valence electrons. The standard InChI is InChI=1S/C19H24N2O2/c1-15-5-10-18(23-15)14-20-13-16-6-8-17(9-7-16)19(22)21-11-3-2-4-12-21/h5-10,20H,2-4,11-14H2,1H3. The van der Waals surface area contributed by atoms with Crippen molar-refractivity contribution in [2.75, 3.05) is 13.1 Å². The van der Waals surface area contributed by atoms with Crippen LogP contribution in [0.15, 0.2) is 40.8 Å². The summed E-state index contributed by atoms with van der Waals surface area (Å²) in [6.07, 6.45) is 3.49. The topological polar surface area (TPSA) is 45.5 Å². The Hall–Kier alpha value is -2.07. The maximum absolute atomic E-state index is 12.4. The van der Waals surface area contributed by atoms with Crippen LogP contribution in [0.5, 0.6) is 0 Å². The summed E-state index contributed by atoms with van der Waals surface area (Å²) in [7, 11) is 0. The maximum Gasteiger partial charge on any atom is 0.253 e. The second-order valence-electron chi connectivity index (χ2n) is 6.17. The highest BCUT2D eigenvalue weighted by molar-refractivity contribution is 5.94. The molecule has 23 heavy (non-hydrogen) atoms. The lowest BCUT2D eigenvalue weighted by Gasteiger charge is -2.26. The van der Waals surface area contributed by atoms with E-state index in [0.29, 0.717) is 6.54 Å². The van der Waals surface area contributed by atoms with Gasteiger partial charge in [-0.3, -0.25) is 4.79 Å². The van der Waals surface area contributed by atoms with Crippen LogP contribution < -0.4 is 5.32 Å².